The molecule has 1 aromatic heterocycles. The molecule has 1 rings (SSSR count). The number of hydrogen-bond donors (Lipinski definition) is 1. The molecule has 1 aromatic rings. The van der Waals surface area contributed by atoms with Crippen molar-refractivity contribution in [2.45, 2.75) is 38.4 Å². The first kappa shape index (κ1) is 15.4. The van der Waals surface area contributed by atoms with Gasteiger partial charge >= 0.3 is 0 Å². The summed E-state index contributed by atoms with van der Waals surface area (Å²) in [6.45, 7) is 8.52. The monoisotopic (exact) mass is 273 g/mol. The number of unbranched alkanes of at least 4 members (excludes halogenated alkanes) is 1. The van der Waals surface area contributed by atoms with Crippen LogP contribution in [0.1, 0.15) is 26.7 Å². The third-order valence-corrected chi connectivity index (χ3v) is 3.27. The van der Waals surface area contributed by atoms with Gasteiger partial charge in [-0.3, -0.25) is 0 Å². The molecule has 1 heterocycles. The molecule has 0 aliphatic carbocycles. The molecule has 0 amide bonds. The van der Waals surface area contributed by atoms with E-state index in [0.717, 1.165) is 50.2 Å². The molecule has 0 aromatic carbocycles. The van der Waals surface area contributed by atoms with Crippen LogP contribution in [0.5, 0.6) is 0 Å². The lowest BCUT2D eigenvalue weighted by Gasteiger charge is -2.05. The molecule has 104 valence electrons. The number of thioether (sulfide) groups is 1. The van der Waals surface area contributed by atoms with Gasteiger partial charge in [0.15, 0.2) is 0 Å². The molecular weight excluding hydrogens is 250 g/mol. The second kappa shape index (κ2) is 10.3. The van der Waals surface area contributed by atoms with E-state index in [1.807, 2.05) is 4.68 Å². The van der Waals surface area contributed by atoms with Crippen LogP contribution < -0.4 is 5.32 Å². The molecule has 0 saturated heterocycles. The predicted octanol–water partition coefficient (Wildman–Crippen LogP) is 1.19. The minimum absolute atomic E-state index is 0.755. The molecular formula is C11H23N5OS. The lowest BCUT2D eigenvalue weighted by Crippen LogP contribution is -2.20. The second-order valence-corrected chi connectivity index (χ2v) is 4.91. The van der Waals surface area contributed by atoms with Gasteiger partial charge in [-0.1, -0.05) is 32.0 Å². The highest BCUT2D eigenvalue weighted by molar-refractivity contribution is 7.99. The summed E-state index contributed by atoms with van der Waals surface area (Å²) in [5.74, 6) is 0.894. The minimum Gasteiger partial charge on any atom is -0.381 e. The summed E-state index contributed by atoms with van der Waals surface area (Å²) in [4.78, 5) is 0. The van der Waals surface area contributed by atoms with Gasteiger partial charge in [0.1, 0.15) is 0 Å². The zero-order valence-electron chi connectivity index (χ0n) is 11.3. The Morgan fingerprint density at radius 3 is 3.00 bits per heavy atom. The second-order valence-electron chi connectivity index (χ2n) is 3.85. The van der Waals surface area contributed by atoms with Gasteiger partial charge in [-0.05, 0) is 23.4 Å². The minimum atomic E-state index is 0.755. The number of rotatable bonds is 11. The van der Waals surface area contributed by atoms with Crippen LogP contribution >= 0.6 is 11.8 Å². The van der Waals surface area contributed by atoms with Gasteiger partial charge in [-0.25, -0.2) is 4.68 Å². The lowest BCUT2D eigenvalue weighted by atomic mass is 10.4. The fourth-order valence-corrected chi connectivity index (χ4v) is 2.10. The van der Waals surface area contributed by atoms with E-state index in [9.17, 15) is 0 Å². The number of tetrazole rings is 1. The molecule has 18 heavy (non-hydrogen) atoms. The molecule has 6 nitrogen and oxygen atoms in total. The highest BCUT2D eigenvalue weighted by Gasteiger charge is 2.05. The maximum atomic E-state index is 5.50. The van der Waals surface area contributed by atoms with Crippen molar-refractivity contribution < 1.29 is 4.74 Å². The number of aromatic nitrogens is 4. The Morgan fingerprint density at radius 1 is 1.33 bits per heavy atom. The van der Waals surface area contributed by atoms with Crippen LogP contribution in [0.4, 0.5) is 0 Å². The number of ether oxygens (including phenoxy) is 1. The van der Waals surface area contributed by atoms with Gasteiger partial charge in [0.2, 0.25) is 5.16 Å². The van der Waals surface area contributed by atoms with Gasteiger partial charge < -0.3 is 10.1 Å². The summed E-state index contributed by atoms with van der Waals surface area (Å²) in [6.07, 6.45) is 2.31. The van der Waals surface area contributed by atoms with E-state index in [-0.39, 0.29) is 0 Å². The molecule has 0 atom stereocenters. The van der Waals surface area contributed by atoms with E-state index in [2.05, 4.69) is 34.7 Å². The van der Waals surface area contributed by atoms with Crippen LogP contribution in [-0.2, 0) is 11.3 Å². The van der Waals surface area contributed by atoms with Crippen molar-refractivity contribution in [2.24, 2.45) is 0 Å². The Morgan fingerprint density at radius 2 is 2.22 bits per heavy atom. The predicted molar refractivity (Wildman–Crippen MR) is 72.8 cm³/mol. The van der Waals surface area contributed by atoms with Crippen molar-refractivity contribution in [1.82, 2.24) is 25.5 Å². The van der Waals surface area contributed by atoms with Crippen molar-refractivity contribution in [3.05, 3.63) is 0 Å². The van der Waals surface area contributed by atoms with Crippen LogP contribution in [0, 0.1) is 0 Å². The van der Waals surface area contributed by atoms with E-state index in [1.54, 1.807) is 11.8 Å². The first-order valence-electron chi connectivity index (χ1n) is 6.55. The van der Waals surface area contributed by atoms with Crippen molar-refractivity contribution >= 4 is 11.8 Å². The molecule has 0 aliphatic rings. The summed E-state index contributed by atoms with van der Waals surface area (Å²) in [6, 6.07) is 0. The fourth-order valence-electron chi connectivity index (χ4n) is 1.34. The first-order valence-corrected chi connectivity index (χ1v) is 7.54. The van der Waals surface area contributed by atoms with Crippen molar-refractivity contribution in [3.8, 4) is 0 Å². The number of nitrogens with one attached hydrogen (secondary N) is 1. The van der Waals surface area contributed by atoms with Gasteiger partial charge in [0.25, 0.3) is 0 Å². The molecule has 0 spiro atoms. The summed E-state index contributed by atoms with van der Waals surface area (Å²) in [5, 5.41) is 15.8. The maximum absolute atomic E-state index is 5.50. The third kappa shape index (κ3) is 6.32. The molecule has 0 unspecified atom stereocenters. The highest BCUT2D eigenvalue weighted by atomic mass is 32.2. The topological polar surface area (TPSA) is 64.9 Å². The van der Waals surface area contributed by atoms with Crippen LogP contribution in [0.2, 0.25) is 0 Å². The van der Waals surface area contributed by atoms with Gasteiger partial charge in [-0.15, -0.1) is 5.10 Å². The highest BCUT2D eigenvalue weighted by Crippen LogP contribution is 2.12. The van der Waals surface area contributed by atoms with Crippen molar-refractivity contribution in [2.75, 3.05) is 32.1 Å². The van der Waals surface area contributed by atoms with Crippen LogP contribution in [0.3, 0.4) is 0 Å². The van der Waals surface area contributed by atoms with Crippen molar-refractivity contribution in [3.63, 3.8) is 0 Å². The zero-order valence-corrected chi connectivity index (χ0v) is 12.1. The standard InChI is InChI=1S/C11H23N5OS/c1-3-5-8-17-9-10-18-11-13-14-15-16(11)7-6-12-4-2/h12H,3-10H2,1-2H3. The fraction of sp³-hybridized carbons (Fsp3) is 0.909. The van der Waals surface area contributed by atoms with Crippen LogP contribution in [0.15, 0.2) is 5.16 Å². The Balaban J connectivity index is 2.15. The summed E-state index contributed by atoms with van der Waals surface area (Å²) < 4.78 is 7.33. The zero-order chi connectivity index (χ0) is 13.1. The van der Waals surface area contributed by atoms with Gasteiger partial charge in [0.05, 0.1) is 13.2 Å². The first-order chi connectivity index (χ1) is 8.88. The smallest absolute Gasteiger partial charge is 0.209 e. The number of likely N-dealkylation sites (N-methyl/N-ethyl adjacent to an activating group) is 1. The molecule has 7 heteroatoms. The SMILES string of the molecule is CCCCOCCSc1nnnn1CCNCC. The largest absolute Gasteiger partial charge is 0.381 e. The molecule has 0 bridgehead atoms. The van der Waals surface area contributed by atoms with E-state index >= 15 is 0 Å². The number of nitrogens with zero attached hydrogens (tertiary/aromatic N) is 4. The van der Waals surface area contributed by atoms with E-state index in [0.29, 0.717) is 0 Å². The van der Waals surface area contributed by atoms with Gasteiger partial charge in [-0.2, -0.15) is 0 Å². The maximum Gasteiger partial charge on any atom is 0.209 e. The molecule has 0 fully saturated rings. The molecule has 0 aliphatic heterocycles. The average Bonchev–Trinajstić information content (AvgIpc) is 2.82. The number of hydrogen-bond acceptors (Lipinski definition) is 6. The average molecular weight is 273 g/mol. The molecule has 1 N–H and O–H groups in total. The Hall–Kier alpha value is -0.660. The lowest BCUT2D eigenvalue weighted by molar-refractivity contribution is 0.147. The normalized spacial score (nSPS) is 11.0. The molecule has 0 saturated carbocycles. The van der Waals surface area contributed by atoms with E-state index < -0.39 is 0 Å². The van der Waals surface area contributed by atoms with Gasteiger partial charge in [0, 0.05) is 18.9 Å². The van der Waals surface area contributed by atoms with E-state index in [1.165, 1.54) is 6.42 Å². The van der Waals surface area contributed by atoms with Crippen LogP contribution in [-0.4, -0.2) is 52.3 Å². The third-order valence-electron chi connectivity index (χ3n) is 2.35. The van der Waals surface area contributed by atoms with E-state index in [4.69, 9.17) is 4.74 Å². The summed E-state index contributed by atoms with van der Waals surface area (Å²) in [5.41, 5.74) is 0. The van der Waals surface area contributed by atoms with Crippen LogP contribution in [0.25, 0.3) is 0 Å². The summed E-state index contributed by atoms with van der Waals surface area (Å²) >= 11 is 1.64. The Kier molecular flexibility index (Phi) is 8.79. The summed E-state index contributed by atoms with van der Waals surface area (Å²) in [7, 11) is 0. The van der Waals surface area contributed by atoms with Crippen molar-refractivity contribution in [1.29, 1.82) is 0 Å². The Labute approximate surface area is 113 Å². The Bertz CT molecular complexity index is 307. The quantitative estimate of drug-likeness (QED) is 0.483. The molecule has 0 radical (unpaired) electrons.